The zero-order valence-electron chi connectivity index (χ0n) is 12.4. The van der Waals surface area contributed by atoms with Gasteiger partial charge in [-0.15, -0.1) is 11.3 Å². The number of benzene rings is 1. The van der Waals surface area contributed by atoms with Crippen LogP contribution < -0.4 is 11.1 Å². The molecule has 1 aromatic carbocycles. The van der Waals surface area contributed by atoms with Crippen molar-refractivity contribution in [2.45, 2.75) is 13.1 Å². The minimum Gasteiger partial charge on any atom is -0.399 e. The fourth-order valence-corrected chi connectivity index (χ4v) is 2.76. The molecule has 0 spiro atoms. The Morgan fingerprint density at radius 1 is 1.17 bits per heavy atom. The third-order valence-electron chi connectivity index (χ3n) is 3.03. The van der Waals surface area contributed by atoms with E-state index >= 15 is 0 Å². The lowest BCUT2D eigenvalue weighted by Gasteiger charge is -2.11. The van der Waals surface area contributed by atoms with E-state index in [-0.39, 0.29) is 17.3 Å². The minimum atomic E-state index is -4.48. The van der Waals surface area contributed by atoms with E-state index < -0.39 is 11.7 Å². The number of nitrogen functional groups attached to an aromatic ring is 1. The molecule has 2 heterocycles. The van der Waals surface area contributed by atoms with Gasteiger partial charge in [0.1, 0.15) is 10.7 Å². The van der Waals surface area contributed by atoms with Gasteiger partial charge in [-0.1, -0.05) is 0 Å². The standard InChI is InChI=1S/C15H12F3N5S/c1-8-7-21-13(24-8)12-2-3-20-14(23-12)22-11-5-9(15(16,17)18)4-10(19)6-11/h2-7H,19H2,1H3,(H,20,22,23). The summed E-state index contributed by atoms with van der Waals surface area (Å²) in [5.41, 5.74) is 5.46. The van der Waals surface area contributed by atoms with Crippen LogP contribution in [0.3, 0.4) is 0 Å². The molecule has 0 amide bonds. The third-order valence-corrected chi connectivity index (χ3v) is 3.97. The highest BCUT2D eigenvalue weighted by atomic mass is 32.1. The van der Waals surface area contributed by atoms with Crippen LogP contribution in [-0.2, 0) is 6.18 Å². The SMILES string of the molecule is Cc1cnc(-c2ccnc(Nc3cc(N)cc(C(F)(F)F)c3)n2)s1. The molecule has 0 unspecified atom stereocenters. The summed E-state index contributed by atoms with van der Waals surface area (Å²) in [6, 6.07) is 4.91. The Morgan fingerprint density at radius 3 is 2.62 bits per heavy atom. The number of rotatable bonds is 3. The van der Waals surface area contributed by atoms with Gasteiger partial charge < -0.3 is 11.1 Å². The van der Waals surface area contributed by atoms with E-state index in [0.717, 1.165) is 17.0 Å². The molecule has 3 rings (SSSR count). The number of nitrogens with two attached hydrogens (primary N) is 1. The molecule has 0 saturated carbocycles. The van der Waals surface area contributed by atoms with Crippen molar-refractivity contribution in [2.24, 2.45) is 0 Å². The second-order valence-corrected chi connectivity index (χ2v) is 6.24. The van der Waals surface area contributed by atoms with Gasteiger partial charge in [0.05, 0.1) is 5.56 Å². The molecular weight excluding hydrogens is 339 g/mol. The predicted molar refractivity (Wildman–Crippen MR) is 87.0 cm³/mol. The maximum atomic E-state index is 12.9. The normalized spacial score (nSPS) is 11.5. The number of hydrogen-bond donors (Lipinski definition) is 2. The second kappa shape index (κ2) is 6.08. The summed E-state index contributed by atoms with van der Waals surface area (Å²) in [5, 5.41) is 3.46. The average molecular weight is 351 g/mol. The fraction of sp³-hybridized carbons (Fsp3) is 0.133. The van der Waals surface area contributed by atoms with Crippen molar-refractivity contribution in [2.75, 3.05) is 11.1 Å². The second-order valence-electron chi connectivity index (χ2n) is 5.01. The van der Waals surface area contributed by atoms with E-state index in [1.54, 1.807) is 12.3 Å². The fourth-order valence-electron chi connectivity index (χ4n) is 2.03. The van der Waals surface area contributed by atoms with Gasteiger partial charge in [-0.25, -0.2) is 15.0 Å². The lowest BCUT2D eigenvalue weighted by molar-refractivity contribution is -0.137. The lowest BCUT2D eigenvalue weighted by Crippen LogP contribution is -2.07. The number of aryl methyl sites for hydroxylation is 1. The Hall–Kier alpha value is -2.68. The number of hydrogen-bond acceptors (Lipinski definition) is 6. The highest BCUT2D eigenvalue weighted by Gasteiger charge is 2.31. The summed E-state index contributed by atoms with van der Waals surface area (Å²) in [5.74, 6) is 0.166. The number of nitrogens with one attached hydrogen (secondary N) is 1. The summed E-state index contributed by atoms with van der Waals surface area (Å²) in [7, 11) is 0. The quantitative estimate of drug-likeness (QED) is 0.690. The molecule has 2 aromatic heterocycles. The molecule has 0 atom stereocenters. The Bertz CT molecular complexity index is 876. The molecule has 0 aliphatic carbocycles. The molecule has 124 valence electrons. The Morgan fingerprint density at radius 2 is 1.96 bits per heavy atom. The van der Waals surface area contributed by atoms with E-state index in [4.69, 9.17) is 5.73 Å². The molecular formula is C15H12F3N5S. The number of alkyl halides is 3. The topological polar surface area (TPSA) is 76.7 Å². The highest BCUT2D eigenvalue weighted by molar-refractivity contribution is 7.14. The number of thiazole rings is 1. The van der Waals surface area contributed by atoms with E-state index in [0.29, 0.717) is 10.7 Å². The summed E-state index contributed by atoms with van der Waals surface area (Å²) in [6.45, 7) is 1.92. The first kappa shape index (κ1) is 16.2. The van der Waals surface area contributed by atoms with Crippen LogP contribution in [0, 0.1) is 6.92 Å². The smallest absolute Gasteiger partial charge is 0.399 e. The van der Waals surface area contributed by atoms with Crippen LogP contribution >= 0.6 is 11.3 Å². The van der Waals surface area contributed by atoms with Gasteiger partial charge in [0.25, 0.3) is 0 Å². The lowest BCUT2D eigenvalue weighted by atomic mass is 10.1. The number of nitrogens with zero attached hydrogens (tertiary/aromatic N) is 3. The first-order valence-corrected chi connectivity index (χ1v) is 7.63. The maximum Gasteiger partial charge on any atom is 0.416 e. The molecule has 3 N–H and O–H groups in total. The highest BCUT2D eigenvalue weighted by Crippen LogP contribution is 2.33. The molecule has 0 bridgehead atoms. The molecule has 0 aliphatic heterocycles. The summed E-state index contributed by atoms with van der Waals surface area (Å²) < 4.78 is 38.6. The molecule has 0 fully saturated rings. The van der Waals surface area contributed by atoms with Crippen molar-refractivity contribution in [1.29, 1.82) is 0 Å². The maximum absolute atomic E-state index is 12.9. The molecule has 0 aliphatic rings. The van der Waals surface area contributed by atoms with E-state index in [1.165, 1.54) is 23.6 Å². The van der Waals surface area contributed by atoms with Crippen molar-refractivity contribution in [1.82, 2.24) is 15.0 Å². The summed E-state index contributed by atoms with van der Waals surface area (Å²) in [4.78, 5) is 13.6. The zero-order chi connectivity index (χ0) is 17.3. The van der Waals surface area contributed by atoms with Crippen molar-refractivity contribution in [3.63, 3.8) is 0 Å². The number of aromatic nitrogens is 3. The molecule has 0 saturated heterocycles. The van der Waals surface area contributed by atoms with Gasteiger partial charge in [-0.2, -0.15) is 13.2 Å². The van der Waals surface area contributed by atoms with Crippen molar-refractivity contribution >= 4 is 28.7 Å². The zero-order valence-corrected chi connectivity index (χ0v) is 13.2. The van der Waals surface area contributed by atoms with Crippen LogP contribution in [0.2, 0.25) is 0 Å². The van der Waals surface area contributed by atoms with E-state index in [1.807, 2.05) is 6.92 Å². The van der Waals surface area contributed by atoms with Crippen molar-refractivity contribution in [3.8, 4) is 10.7 Å². The molecule has 5 nitrogen and oxygen atoms in total. The molecule has 3 aromatic rings. The Balaban J connectivity index is 1.90. The van der Waals surface area contributed by atoms with E-state index in [9.17, 15) is 13.2 Å². The van der Waals surface area contributed by atoms with Gasteiger partial charge in [0.2, 0.25) is 5.95 Å². The Kier molecular flexibility index (Phi) is 4.10. The molecule has 24 heavy (non-hydrogen) atoms. The van der Waals surface area contributed by atoms with Crippen LogP contribution in [0.15, 0.2) is 36.7 Å². The van der Waals surface area contributed by atoms with Crippen LogP contribution in [-0.4, -0.2) is 15.0 Å². The van der Waals surface area contributed by atoms with Gasteiger partial charge >= 0.3 is 6.18 Å². The van der Waals surface area contributed by atoms with Gasteiger partial charge in [0.15, 0.2) is 0 Å². The van der Waals surface area contributed by atoms with Crippen molar-refractivity contribution < 1.29 is 13.2 Å². The number of anilines is 3. The van der Waals surface area contributed by atoms with Crippen molar-refractivity contribution in [3.05, 3.63) is 47.1 Å². The van der Waals surface area contributed by atoms with Crippen LogP contribution in [0.5, 0.6) is 0 Å². The predicted octanol–water partition coefficient (Wildman–Crippen LogP) is 4.25. The Labute approximate surface area is 139 Å². The summed E-state index contributed by atoms with van der Waals surface area (Å²) in [6.07, 6.45) is -1.24. The molecule has 9 heteroatoms. The molecule has 0 radical (unpaired) electrons. The van der Waals surface area contributed by atoms with Gasteiger partial charge in [0, 0.05) is 28.6 Å². The van der Waals surface area contributed by atoms with Gasteiger partial charge in [-0.05, 0) is 31.2 Å². The number of halogens is 3. The van der Waals surface area contributed by atoms with Crippen LogP contribution in [0.1, 0.15) is 10.4 Å². The first-order valence-electron chi connectivity index (χ1n) is 6.82. The minimum absolute atomic E-state index is 0.000900. The van der Waals surface area contributed by atoms with Gasteiger partial charge in [-0.3, -0.25) is 0 Å². The third kappa shape index (κ3) is 3.62. The van der Waals surface area contributed by atoms with Crippen LogP contribution in [0.4, 0.5) is 30.5 Å². The average Bonchev–Trinajstić information content (AvgIpc) is 2.93. The van der Waals surface area contributed by atoms with E-state index in [2.05, 4.69) is 20.3 Å². The summed E-state index contributed by atoms with van der Waals surface area (Å²) >= 11 is 1.47. The monoisotopic (exact) mass is 351 g/mol. The largest absolute Gasteiger partial charge is 0.416 e. The first-order chi connectivity index (χ1) is 11.3. The van der Waals surface area contributed by atoms with Crippen LogP contribution in [0.25, 0.3) is 10.7 Å².